The molecule has 0 aliphatic rings. The largest absolute Gasteiger partial charge is 0.472 e. The van der Waals surface area contributed by atoms with Crippen molar-refractivity contribution >= 4 is 19.8 Å². The van der Waals surface area contributed by atoms with E-state index in [0.29, 0.717) is 12.8 Å². The highest BCUT2D eigenvalue weighted by atomic mass is 31.2. The Morgan fingerprint density at radius 2 is 0.917 bits per heavy atom. The van der Waals surface area contributed by atoms with E-state index < -0.39 is 32.5 Å². The molecule has 0 aromatic rings. The van der Waals surface area contributed by atoms with E-state index in [1.807, 2.05) is 0 Å². The van der Waals surface area contributed by atoms with E-state index >= 15 is 0 Å². The SMILES string of the molecule is CC/C=C\C/C=C\C/C=C\C/C=C\C/C=C\C/C=C\C/C=C\CCCCCCCC(=O)OC(COC(=O)CCCCCCC/C=C\CCCCC)COP(=O)(O)OCCN. The summed E-state index contributed by atoms with van der Waals surface area (Å²) in [7, 11) is -4.39. The maximum atomic E-state index is 12.6. The molecule has 0 saturated heterocycles. The number of carbonyl (C=O) groups is 2. The Morgan fingerprint density at radius 1 is 0.517 bits per heavy atom. The first-order valence-electron chi connectivity index (χ1n) is 23.2. The van der Waals surface area contributed by atoms with E-state index in [1.54, 1.807) is 0 Å². The molecule has 0 aromatic heterocycles. The molecule has 0 amide bonds. The summed E-state index contributed by atoms with van der Waals surface area (Å²) in [6.07, 6.45) is 58.7. The topological polar surface area (TPSA) is 134 Å². The van der Waals surface area contributed by atoms with Crippen molar-refractivity contribution < 1.29 is 37.6 Å². The van der Waals surface area contributed by atoms with Crippen molar-refractivity contribution in [1.29, 1.82) is 0 Å². The molecule has 0 rings (SSSR count). The number of phosphoric acid groups is 1. The molecule has 0 radical (unpaired) electrons. The number of phosphoric ester groups is 1. The first-order chi connectivity index (χ1) is 29.3. The fourth-order valence-electron chi connectivity index (χ4n) is 5.78. The van der Waals surface area contributed by atoms with E-state index in [0.717, 1.165) is 116 Å². The average molecular weight is 858 g/mol. The number of ether oxygens (including phenoxy) is 2. The molecule has 2 unspecified atom stereocenters. The zero-order valence-corrected chi connectivity index (χ0v) is 38.5. The van der Waals surface area contributed by atoms with Gasteiger partial charge in [0.1, 0.15) is 6.61 Å². The maximum absolute atomic E-state index is 12.6. The monoisotopic (exact) mass is 858 g/mol. The first-order valence-corrected chi connectivity index (χ1v) is 24.7. The van der Waals surface area contributed by atoms with Crippen LogP contribution in [0.1, 0.15) is 174 Å². The van der Waals surface area contributed by atoms with Crippen LogP contribution < -0.4 is 5.73 Å². The lowest BCUT2D eigenvalue weighted by Crippen LogP contribution is -2.29. The van der Waals surface area contributed by atoms with Gasteiger partial charge < -0.3 is 20.1 Å². The van der Waals surface area contributed by atoms with Crippen LogP contribution in [-0.2, 0) is 32.7 Å². The van der Waals surface area contributed by atoms with Crippen molar-refractivity contribution in [3.63, 3.8) is 0 Å². The number of hydrogen-bond donors (Lipinski definition) is 2. The van der Waals surface area contributed by atoms with Crippen LogP contribution in [-0.4, -0.2) is 49.3 Å². The molecule has 0 aliphatic heterocycles. The summed E-state index contributed by atoms with van der Waals surface area (Å²) < 4.78 is 32.8. The molecular formula is C50H84NO8P. The van der Waals surface area contributed by atoms with Crippen molar-refractivity contribution in [1.82, 2.24) is 0 Å². The minimum atomic E-state index is -4.39. The summed E-state index contributed by atoms with van der Waals surface area (Å²) in [6, 6.07) is 0. The van der Waals surface area contributed by atoms with Gasteiger partial charge >= 0.3 is 19.8 Å². The molecule has 9 nitrogen and oxygen atoms in total. The molecule has 0 spiro atoms. The van der Waals surface area contributed by atoms with Gasteiger partial charge in [-0.05, 0) is 96.3 Å². The molecule has 0 saturated carbocycles. The van der Waals surface area contributed by atoms with E-state index in [4.69, 9.17) is 24.3 Å². The van der Waals surface area contributed by atoms with Crippen LogP contribution in [0, 0.1) is 0 Å². The van der Waals surface area contributed by atoms with Crippen LogP contribution in [0.3, 0.4) is 0 Å². The van der Waals surface area contributed by atoms with Crippen LogP contribution in [0.5, 0.6) is 0 Å². The quantitative estimate of drug-likeness (QED) is 0.0266. The summed E-state index contributed by atoms with van der Waals surface area (Å²) in [5, 5.41) is 0. The number of nitrogens with two attached hydrogens (primary N) is 1. The molecule has 60 heavy (non-hydrogen) atoms. The van der Waals surface area contributed by atoms with Gasteiger partial charge in [-0.25, -0.2) is 4.57 Å². The summed E-state index contributed by atoms with van der Waals surface area (Å²) in [6.45, 7) is 3.54. The van der Waals surface area contributed by atoms with Crippen molar-refractivity contribution in [2.45, 2.75) is 180 Å². The third kappa shape index (κ3) is 44.5. The lowest BCUT2D eigenvalue weighted by Gasteiger charge is -2.19. The Morgan fingerprint density at radius 3 is 1.38 bits per heavy atom. The van der Waals surface area contributed by atoms with Crippen LogP contribution in [0.4, 0.5) is 0 Å². The Bertz CT molecular complexity index is 1300. The van der Waals surface area contributed by atoms with Crippen molar-refractivity contribution in [3.05, 3.63) is 97.2 Å². The molecule has 0 heterocycles. The Balaban J connectivity index is 4.16. The van der Waals surface area contributed by atoms with Gasteiger partial charge in [0.25, 0.3) is 0 Å². The summed E-state index contributed by atoms with van der Waals surface area (Å²) in [5.41, 5.74) is 5.35. The van der Waals surface area contributed by atoms with Crippen LogP contribution in [0.15, 0.2) is 97.2 Å². The molecule has 3 N–H and O–H groups in total. The van der Waals surface area contributed by atoms with Gasteiger partial charge in [-0.1, -0.05) is 162 Å². The van der Waals surface area contributed by atoms with Crippen molar-refractivity contribution in [3.8, 4) is 0 Å². The van der Waals surface area contributed by atoms with Gasteiger partial charge in [0.2, 0.25) is 0 Å². The predicted octanol–water partition coefficient (Wildman–Crippen LogP) is 13.8. The van der Waals surface area contributed by atoms with Crippen LogP contribution in [0.2, 0.25) is 0 Å². The standard InChI is InChI=1S/C50H84NO8P/c1-3-5-7-9-11-13-15-17-18-19-20-21-22-23-24-25-26-27-28-29-30-31-33-35-37-39-41-43-50(53)59-48(47-58-60(54,55)57-45-44-51)46-56-49(52)42-40-38-36-34-32-16-14-12-10-8-6-4-2/h5,7,11-14,17-18,20-21,23-24,26-27,29-30,48H,3-4,6,8-10,15-16,19,22,25,28,31-47,51H2,1-2H3,(H,54,55)/b7-5-,13-11-,14-12-,18-17-,21-20-,24-23-,27-26-,30-29-. The fourth-order valence-corrected chi connectivity index (χ4v) is 6.55. The third-order valence-corrected chi connectivity index (χ3v) is 10.2. The van der Waals surface area contributed by atoms with E-state index in [2.05, 4.69) is 111 Å². The van der Waals surface area contributed by atoms with Gasteiger partial charge in [0, 0.05) is 19.4 Å². The lowest BCUT2D eigenvalue weighted by molar-refractivity contribution is -0.161. The molecular weight excluding hydrogens is 774 g/mol. The van der Waals surface area contributed by atoms with Gasteiger partial charge in [-0.15, -0.1) is 0 Å². The number of hydrogen-bond acceptors (Lipinski definition) is 8. The highest BCUT2D eigenvalue weighted by Crippen LogP contribution is 2.43. The number of esters is 2. The molecule has 342 valence electrons. The average Bonchev–Trinajstić information content (AvgIpc) is 3.24. The highest BCUT2D eigenvalue weighted by Gasteiger charge is 2.26. The van der Waals surface area contributed by atoms with Gasteiger partial charge in [-0.2, -0.15) is 0 Å². The second-order valence-electron chi connectivity index (χ2n) is 14.9. The van der Waals surface area contributed by atoms with Crippen LogP contribution in [0.25, 0.3) is 0 Å². The third-order valence-electron chi connectivity index (χ3n) is 9.20. The Kier molecular flexibility index (Phi) is 43.1. The zero-order chi connectivity index (χ0) is 43.9. The second kappa shape index (κ2) is 45.5. The number of rotatable bonds is 42. The van der Waals surface area contributed by atoms with Gasteiger partial charge in [0.05, 0.1) is 13.2 Å². The second-order valence-corrected chi connectivity index (χ2v) is 16.3. The van der Waals surface area contributed by atoms with E-state index in [1.165, 1.54) is 19.3 Å². The minimum Gasteiger partial charge on any atom is -0.462 e. The summed E-state index contributed by atoms with van der Waals surface area (Å²) >= 11 is 0. The first kappa shape index (κ1) is 56.9. The minimum absolute atomic E-state index is 0.0435. The zero-order valence-electron chi connectivity index (χ0n) is 37.7. The van der Waals surface area contributed by atoms with Gasteiger partial charge in [-0.3, -0.25) is 18.6 Å². The smallest absolute Gasteiger partial charge is 0.462 e. The number of unbranched alkanes of at least 4 members (excludes halogenated alkanes) is 13. The molecule has 0 bridgehead atoms. The highest BCUT2D eigenvalue weighted by molar-refractivity contribution is 7.47. The fraction of sp³-hybridized carbons (Fsp3) is 0.640. The van der Waals surface area contributed by atoms with Crippen LogP contribution >= 0.6 is 7.82 Å². The molecule has 2 atom stereocenters. The normalized spacial score (nSPS) is 14.1. The Labute approximate surface area is 366 Å². The van der Waals surface area contributed by atoms with Crippen molar-refractivity contribution in [2.24, 2.45) is 5.73 Å². The number of carbonyl (C=O) groups excluding carboxylic acids is 2. The predicted molar refractivity (Wildman–Crippen MR) is 252 cm³/mol. The molecule has 10 heteroatoms. The van der Waals surface area contributed by atoms with E-state index in [9.17, 15) is 19.0 Å². The van der Waals surface area contributed by atoms with Crippen molar-refractivity contribution in [2.75, 3.05) is 26.4 Å². The van der Waals surface area contributed by atoms with Gasteiger partial charge in [0.15, 0.2) is 6.10 Å². The lowest BCUT2D eigenvalue weighted by atomic mass is 10.1. The summed E-state index contributed by atoms with van der Waals surface area (Å²) in [5.74, 6) is -0.871. The van der Waals surface area contributed by atoms with E-state index in [-0.39, 0.29) is 32.6 Å². The number of allylic oxidation sites excluding steroid dienone is 16. The Hall–Kier alpha value is -3.07. The molecule has 0 fully saturated rings. The maximum Gasteiger partial charge on any atom is 0.472 e. The molecule has 0 aliphatic carbocycles. The summed E-state index contributed by atoms with van der Waals surface area (Å²) in [4.78, 5) is 34.9. The molecule has 0 aromatic carbocycles.